The summed E-state index contributed by atoms with van der Waals surface area (Å²) in [5.41, 5.74) is 0. The smallest absolute Gasteiger partial charge is 0.243 e. The summed E-state index contributed by atoms with van der Waals surface area (Å²) in [6, 6.07) is 1.31. The van der Waals surface area contributed by atoms with E-state index in [0.29, 0.717) is 6.42 Å². The highest BCUT2D eigenvalue weighted by Gasteiger charge is 2.24. The van der Waals surface area contributed by atoms with E-state index in [0.717, 1.165) is 12.1 Å². The molecule has 0 aliphatic carbocycles. The number of benzene rings is 1. The number of aliphatic hydroxyl groups is 1. The quantitative estimate of drug-likeness (QED) is 0.781. The van der Waals surface area contributed by atoms with Crippen LogP contribution in [0.25, 0.3) is 0 Å². The Hall–Kier alpha value is -1.38. The first-order valence-corrected chi connectivity index (χ1v) is 7.42. The molecular weight excluding hydrogens is 289 g/mol. The molecule has 0 aromatic heterocycles. The minimum atomic E-state index is -4.09. The molecule has 0 bridgehead atoms. The fourth-order valence-electron chi connectivity index (χ4n) is 1.57. The highest BCUT2D eigenvalue weighted by atomic mass is 32.2. The number of nitrogens with one attached hydrogen (secondary N) is 1. The van der Waals surface area contributed by atoms with Crippen molar-refractivity contribution in [3.8, 4) is 11.5 Å². The van der Waals surface area contributed by atoms with Crippen molar-refractivity contribution in [1.29, 1.82) is 0 Å². The lowest BCUT2D eigenvalue weighted by atomic mass is 10.3. The maximum absolute atomic E-state index is 13.9. The normalized spacial score (nSPS) is 13.1. The van der Waals surface area contributed by atoms with Crippen molar-refractivity contribution in [2.24, 2.45) is 0 Å². The van der Waals surface area contributed by atoms with E-state index >= 15 is 0 Å². The van der Waals surface area contributed by atoms with Gasteiger partial charge in [-0.3, -0.25) is 0 Å². The monoisotopic (exact) mass is 307 g/mol. The summed E-state index contributed by atoms with van der Waals surface area (Å²) >= 11 is 0. The van der Waals surface area contributed by atoms with E-state index in [-0.39, 0.29) is 18.1 Å². The Balaban J connectivity index is 3.24. The van der Waals surface area contributed by atoms with E-state index in [4.69, 9.17) is 14.6 Å². The Bertz CT molecular complexity index is 557. The summed E-state index contributed by atoms with van der Waals surface area (Å²) in [5, 5.41) is 9.02. The van der Waals surface area contributed by atoms with Gasteiger partial charge >= 0.3 is 0 Å². The number of rotatable bonds is 7. The summed E-state index contributed by atoms with van der Waals surface area (Å²) in [4.78, 5) is -0.554. The highest BCUT2D eigenvalue weighted by Crippen LogP contribution is 2.31. The Morgan fingerprint density at radius 3 is 2.30 bits per heavy atom. The Labute approximate surface area is 117 Å². The van der Waals surface area contributed by atoms with E-state index in [9.17, 15) is 12.8 Å². The molecule has 0 aliphatic rings. The Morgan fingerprint density at radius 2 is 1.85 bits per heavy atom. The molecule has 1 aromatic carbocycles. The number of methoxy groups -OCH3 is 2. The van der Waals surface area contributed by atoms with Gasteiger partial charge in [0.1, 0.15) is 10.7 Å². The molecule has 0 aliphatic heterocycles. The highest BCUT2D eigenvalue weighted by molar-refractivity contribution is 7.89. The van der Waals surface area contributed by atoms with Gasteiger partial charge < -0.3 is 14.6 Å². The molecule has 6 nitrogen and oxygen atoms in total. The minimum Gasteiger partial charge on any atom is -0.493 e. The van der Waals surface area contributed by atoms with E-state index < -0.39 is 26.8 Å². The van der Waals surface area contributed by atoms with Gasteiger partial charge in [0, 0.05) is 18.2 Å². The first kappa shape index (κ1) is 16.7. The van der Waals surface area contributed by atoms with Crippen LogP contribution in [-0.2, 0) is 10.0 Å². The van der Waals surface area contributed by atoms with Crippen LogP contribution in [0.2, 0.25) is 0 Å². The fraction of sp³-hybridized carbons (Fsp3) is 0.500. The Morgan fingerprint density at radius 1 is 1.30 bits per heavy atom. The molecule has 0 radical (unpaired) electrons. The lowest BCUT2D eigenvalue weighted by Crippen LogP contribution is -2.37. The van der Waals surface area contributed by atoms with Crippen molar-refractivity contribution in [2.45, 2.75) is 24.3 Å². The second-order valence-corrected chi connectivity index (χ2v) is 5.73. The van der Waals surface area contributed by atoms with E-state index in [2.05, 4.69) is 4.72 Å². The number of hydrogen-bond donors (Lipinski definition) is 2. The number of hydrogen-bond acceptors (Lipinski definition) is 5. The largest absolute Gasteiger partial charge is 0.493 e. The molecule has 2 N–H and O–H groups in total. The zero-order valence-electron chi connectivity index (χ0n) is 11.5. The molecule has 0 heterocycles. The summed E-state index contributed by atoms with van der Waals surface area (Å²) in [6.45, 7) is 1.33. The molecule has 0 amide bonds. The zero-order chi connectivity index (χ0) is 15.3. The van der Waals surface area contributed by atoms with Gasteiger partial charge in [0.05, 0.1) is 20.8 Å². The topological polar surface area (TPSA) is 84.9 Å². The van der Waals surface area contributed by atoms with E-state index in [1.807, 2.05) is 0 Å². The lowest BCUT2D eigenvalue weighted by molar-refractivity contribution is 0.253. The fourth-order valence-corrected chi connectivity index (χ4v) is 2.96. The van der Waals surface area contributed by atoms with Gasteiger partial charge in [-0.2, -0.15) is 0 Å². The van der Waals surface area contributed by atoms with Gasteiger partial charge in [-0.1, -0.05) is 6.92 Å². The molecule has 0 fully saturated rings. The third kappa shape index (κ3) is 3.59. The van der Waals surface area contributed by atoms with Crippen LogP contribution in [0, 0.1) is 5.82 Å². The van der Waals surface area contributed by atoms with Gasteiger partial charge in [-0.25, -0.2) is 17.5 Å². The predicted molar refractivity (Wildman–Crippen MR) is 71.0 cm³/mol. The third-order valence-corrected chi connectivity index (χ3v) is 4.30. The van der Waals surface area contributed by atoms with Crippen LogP contribution in [0.5, 0.6) is 11.5 Å². The first-order chi connectivity index (χ1) is 9.39. The van der Waals surface area contributed by atoms with Gasteiger partial charge in [-0.15, -0.1) is 0 Å². The maximum atomic E-state index is 13.9. The third-order valence-electron chi connectivity index (χ3n) is 2.76. The summed E-state index contributed by atoms with van der Waals surface area (Å²) in [5.74, 6) is -0.757. The van der Waals surface area contributed by atoms with Gasteiger partial charge in [0.15, 0.2) is 11.5 Å². The van der Waals surface area contributed by atoms with Crippen molar-refractivity contribution in [3.63, 3.8) is 0 Å². The molecule has 0 saturated carbocycles. The van der Waals surface area contributed by atoms with Crippen molar-refractivity contribution < 1.29 is 27.4 Å². The molecule has 20 heavy (non-hydrogen) atoms. The number of sulfonamides is 1. The molecular formula is C12H18FNO5S. The number of halogens is 1. The molecule has 1 rings (SSSR count). The minimum absolute atomic E-state index is 0.0955. The van der Waals surface area contributed by atoms with Crippen LogP contribution in [-0.4, -0.2) is 40.4 Å². The summed E-state index contributed by atoms with van der Waals surface area (Å²) in [7, 11) is -1.45. The summed E-state index contributed by atoms with van der Waals surface area (Å²) < 4.78 is 50.1. The maximum Gasteiger partial charge on any atom is 0.243 e. The van der Waals surface area contributed by atoms with Gasteiger partial charge in [0.2, 0.25) is 10.0 Å². The standard InChI is InChI=1S/C12H18FNO5S/c1-4-8(7-15)14-20(16,17)12-6-11(19-3)10(18-2)5-9(12)13/h5-6,8,14-15H,4,7H2,1-3H3/t8-/m1/s1. The Kier molecular flexibility index (Phi) is 5.73. The van der Waals surface area contributed by atoms with Crippen LogP contribution in [0.4, 0.5) is 4.39 Å². The molecule has 0 spiro atoms. The van der Waals surface area contributed by atoms with Crippen LogP contribution in [0.1, 0.15) is 13.3 Å². The van der Waals surface area contributed by atoms with E-state index in [1.54, 1.807) is 6.92 Å². The molecule has 1 atom stereocenters. The molecule has 1 aromatic rings. The average molecular weight is 307 g/mol. The van der Waals surface area contributed by atoms with Gasteiger partial charge in [-0.05, 0) is 6.42 Å². The van der Waals surface area contributed by atoms with Gasteiger partial charge in [0.25, 0.3) is 0 Å². The van der Waals surface area contributed by atoms with Crippen LogP contribution in [0.15, 0.2) is 17.0 Å². The first-order valence-electron chi connectivity index (χ1n) is 5.94. The zero-order valence-corrected chi connectivity index (χ0v) is 12.3. The van der Waals surface area contributed by atoms with Crippen LogP contribution in [0.3, 0.4) is 0 Å². The second kappa shape index (κ2) is 6.87. The van der Waals surface area contributed by atoms with Crippen molar-refractivity contribution in [3.05, 3.63) is 17.9 Å². The number of ether oxygens (including phenoxy) is 2. The predicted octanol–water partition coefficient (Wildman–Crippen LogP) is 0.892. The lowest BCUT2D eigenvalue weighted by Gasteiger charge is -2.16. The van der Waals surface area contributed by atoms with Crippen LogP contribution >= 0.6 is 0 Å². The summed E-state index contributed by atoms with van der Waals surface area (Å²) in [6.07, 6.45) is 0.380. The van der Waals surface area contributed by atoms with Crippen molar-refractivity contribution in [1.82, 2.24) is 4.72 Å². The molecule has 114 valence electrons. The molecule has 0 unspecified atom stereocenters. The van der Waals surface area contributed by atoms with Crippen LogP contribution < -0.4 is 14.2 Å². The average Bonchev–Trinajstić information content (AvgIpc) is 2.43. The van der Waals surface area contributed by atoms with Crippen molar-refractivity contribution in [2.75, 3.05) is 20.8 Å². The molecule has 8 heteroatoms. The second-order valence-electron chi connectivity index (χ2n) is 4.05. The van der Waals surface area contributed by atoms with Crippen molar-refractivity contribution >= 4 is 10.0 Å². The SMILES string of the molecule is CC[C@H](CO)NS(=O)(=O)c1cc(OC)c(OC)cc1F. The molecule has 0 saturated heterocycles. The number of aliphatic hydroxyl groups excluding tert-OH is 1. The van der Waals surface area contributed by atoms with E-state index in [1.165, 1.54) is 14.2 Å².